The molecule has 0 saturated heterocycles. The second kappa shape index (κ2) is 6.05. The van der Waals surface area contributed by atoms with Crippen molar-refractivity contribution in [1.82, 2.24) is 9.78 Å². The smallest absolute Gasteiger partial charge is 0.131 e. The fourth-order valence-corrected chi connectivity index (χ4v) is 2.04. The quantitative estimate of drug-likeness (QED) is 0.914. The van der Waals surface area contributed by atoms with Crippen LogP contribution in [0.25, 0.3) is 0 Å². The number of halogens is 1. The molecule has 108 valence electrons. The molecule has 2 rings (SSSR count). The molecule has 1 atom stereocenters. The summed E-state index contributed by atoms with van der Waals surface area (Å²) < 4.78 is 20.8. The Morgan fingerprint density at radius 3 is 2.65 bits per heavy atom. The van der Waals surface area contributed by atoms with Crippen LogP contribution < -0.4 is 10.5 Å². The maximum absolute atomic E-state index is 13.9. The van der Waals surface area contributed by atoms with Crippen LogP contribution in [0.5, 0.6) is 5.75 Å². The third-order valence-corrected chi connectivity index (χ3v) is 3.23. The van der Waals surface area contributed by atoms with Crippen molar-refractivity contribution in [3.63, 3.8) is 0 Å². The molecule has 1 unspecified atom stereocenters. The van der Waals surface area contributed by atoms with E-state index in [4.69, 9.17) is 10.5 Å². The van der Waals surface area contributed by atoms with Gasteiger partial charge >= 0.3 is 0 Å². The van der Waals surface area contributed by atoms with Crippen LogP contribution in [0.2, 0.25) is 0 Å². The summed E-state index contributed by atoms with van der Waals surface area (Å²) in [6.45, 7) is 4.11. The van der Waals surface area contributed by atoms with Gasteiger partial charge in [-0.15, -0.1) is 0 Å². The van der Waals surface area contributed by atoms with E-state index in [0.717, 1.165) is 5.69 Å². The highest BCUT2D eigenvalue weighted by Gasteiger charge is 2.14. The van der Waals surface area contributed by atoms with Gasteiger partial charge in [-0.3, -0.25) is 4.68 Å². The second-order valence-electron chi connectivity index (χ2n) is 5.08. The fraction of sp³-hybridized carbons (Fsp3) is 0.400. The zero-order chi connectivity index (χ0) is 14.7. The molecule has 0 spiro atoms. The van der Waals surface area contributed by atoms with E-state index < -0.39 is 6.04 Å². The van der Waals surface area contributed by atoms with Crippen molar-refractivity contribution in [2.75, 3.05) is 7.11 Å². The maximum atomic E-state index is 13.9. The summed E-state index contributed by atoms with van der Waals surface area (Å²) in [6.07, 6.45) is 2.42. The minimum atomic E-state index is -0.420. The van der Waals surface area contributed by atoms with E-state index in [2.05, 4.69) is 18.9 Å². The third-order valence-electron chi connectivity index (χ3n) is 3.23. The first-order chi connectivity index (χ1) is 9.51. The van der Waals surface area contributed by atoms with Gasteiger partial charge in [-0.1, -0.05) is 6.07 Å². The van der Waals surface area contributed by atoms with E-state index in [1.807, 2.05) is 16.9 Å². The summed E-state index contributed by atoms with van der Waals surface area (Å²) in [5, 5.41) is 4.43. The van der Waals surface area contributed by atoms with Crippen LogP contribution in [0.3, 0.4) is 0 Å². The normalized spacial score (nSPS) is 12.7. The van der Waals surface area contributed by atoms with Crippen LogP contribution in [0.15, 0.2) is 30.5 Å². The maximum Gasteiger partial charge on any atom is 0.131 e. The van der Waals surface area contributed by atoms with Crippen molar-refractivity contribution < 1.29 is 9.13 Å². The topological polar surface area (TPSA) is 53.1 Å². The average Bonchev–Trinajstić information content (AvgIpc) is 2.87. The van der Waals surface area contributed by atoms with Crippen LogP contribution in [-0.2, 0) is 6.42 Å². The number of hydrogen-bond donors (Lipinski definition) is 1. The van der Waals surface area contributed by atoms with Crippen LogP contribution in [0.4, 0.5) is 4.39 Å². The van der Waals surface area contributed by atoms with E-state index in [-0.39, 0.29) is 5.82 Å². The summed E-state index contributed by atoms with van der Waals surface area (Å²) in [4.78, 5) is 0. The average molecular weight is 277 g/mol. The Kier molecular flexibility index (Phi) is 4.39. The Morgan fingerprint density at radius 1 is 1.35 bits per heavy atom. The molecule has 1 heterocycles. The fourth-order valence-electron chi connectivity index (χ4n) is 2.04. The van der Waals surface area contributed by atoms with Crippen molar-refractivity contribution in [1.29, 1.82) is 0 Å². The molecule has 2 N–H and O–H groups in total. The number of rotatable bonds is 5. The summed E-state index contributed by atoms with van der Waals surface area (Å²) in [6, 6.07) is 6.53. The van der Waals surface area contributed by atoms with E-state index in [0.29, 0.717) is 23.8 Å². The van der Waals surface area contributed by atoms with Crippen molar-refractivity contribution in [3.05, 3.63) is 47.5 Å². The molecule has 0 radical (unpaired) electrons. The Labute approximate surface area is 118 Å². The van der Waals surface area contributed by atoms with Crippen molar-refractivity contribution >= 4 is 0 Å². The minimum Gasteiger partial charge on any atom is -0.497 e. The zero-order valence-electron chi connectivity index (χ0n) is 12.0. The molecule has 5 heteroatoms. The number of nitrogens with two attached hydrogens (primary N) is 1. The molecule has 0 saturated carbocycles. The molecule has 2 aromatic rings. The molecule has 20 heavy (non-hydrogen) atoms. The highest BCUT2D eigenvalue weighted by Crippen LogP contribution is 2.23. The Bertz CT molecular complexity index is 580. The number of methoxy groups -OCH3 is 1. The van der Waals surface area contributed by atoms with Gasteiger partial charge in [0.05, 0.1) is 12.8 Å². The molecule has 0 aliphatic rings. The van der Waals surface area contributed by atoms with Crippen molar-refractivity contribution in [2.24, 2.45) is 5.73 Å². The standard InChI is InChI=1S/C15H20FN3O/c1-10(2)19-7-6-11(18-19)8-15(17)13-5-4-12(20-3)9-14(13)16/h4-7,9-10,15H,8,17H2,1-3H3. The first-order valence-corrected chi connectivity index (χ1v) is 6.64. The molecule has 4 nitrogen and oxygen atoms in total. The first kappa shape index (κ1) is 14.5. The molecule has 1 aromatic carbocycles. The number of nitrogens with zero attached hydrogens (tertiary/aromatic N) is 2. The zero-order valence-corrected chi connectivity index (χ0v) is 12.0. The van der Waals surface area contributed by atoms with Gasteiger partial charge in [-0.05, 0) is 26.0 Å². The molecule has 0 aliphatic carbocycles. The first-order valence-electron chi connectivity index (χ1n) is 6.64. The molecule has 0 amide bonds. The molecule has 0 bridgehead atoms. The lowest BCUT2D eigenvalue weighted by Gasteiger charge is -2.12. The van der Waals surface area contributed by atoms with Gasteiger partial charge in [0.1, 0.15) is 11.6 Å². The van der Waals surface area contributed by atoms with Gasteiger partial charge in [0, 0.05) is 36.3 Å². The molecular weight excluding hydrogens is 257 g/mol. The van der Waals surface area contributed by atoms with Gasteiger partial charge in [0.15, 0.2) is 0 Å². The van der Waals surface area contributed by atoms with Gasteiger partial charge in [-0.2, -0.15) is 5.10 Å². The Morgan fingerprint density at radius 2 is 2.10 bits per heavy atom. The lowest BCUT2D eigenvalue weighted by molar-refractivity contribution is 0.410. The number of benzene rings is 1. The summed E-state index contributed by atoms with van der Waals surface area (Å²) in [7, 11) is 1.51. The van der Waals surface area contributed by atoms with Gasteiger partial charge in [-0.25, -0.2) is 4.39 Å². The number of hydrogen-bond acceptors (Lipinski definition) is 3. The van der Waals surface area contributed by atoms with Gasteiger partial charge in [0.2, 0.25) is 0 Å². The molecule has 1 aromatic heterocycles. The van der Waals surface area contributed by atoms with Crippen LogP contribution in [0.1, 0.15) is 37.2 Å². The Balaban J connectivity index is 2.12. The molecular formula is C15H20FN3O. The highest BCUT2D eigenvalue weighted by atomic mass is 19.1. The number of ether oxygens (including phenoxy) is 1. The van der Waals surface area contributed by atoms with E-state index >= 15 is 0 Å². The van der Waals surface area contributed by atoms with Crippen LogP contribution in [-0.4, -0.2) is 16.9 Å². The van der Waals surface area contributed by atoms with E-state index in [9.17, 15) is 4.39 Å². The third kappa shape index (κ3) is 3.17. The predicted molar refractivity (Wildman–Crippen MR) is 76.2 cm³/mol. The second-order valence-corrected chi connectivity index (χ2v) is 5.08. The Hall–Kier alpha value is -1.88. The molecule has 0 aliphatic heterocycles. The summed E-state index contributed by atoms with van der Waals surface area (Å²) >= 11 is 0. The minimum absolute atomic E-state index is 0.303. The van der Waals surface area contributed by atoms with Gasteiger partial charge in [0.25, 0.3) is 0 Å². The summed E-state index contributed by atoms with van der Waals surface area (Å²) in [5.41, 5.74) is 7.41. The van der Waals surface area contributed by atoms with Crippen LogP contribution in [0, 0.1) is 5.82 Å². The SMILES string of the molecule is COc1ccc(C(N)Cc2ccn(C(C)C)n2)c(F)c1. The van der Waals surface area contributed by atoms with Crippen LogP contribution >= 0.6 is 0 Å². The lowest BCUT2D eigenvalue weighted by atomic mass is 10.0. The monoisotopic (exact) mass is 277 g/mol. The largest absolute Gasteiger partial charge is 0.497 e. The van der Waals surface area contributed by atoms with Gasteiger partial charge < -0.3 is 10.5 Å². The van der Waals surface area contributed by atoms with Crippen molar-refractivity contribution in [2.45, 2.75) is 32.4 Å². The number of aromatic nitrogens is 2. The lowest BCUT2D eigenvalue weighted by Crippen LogP contribution is -2.15. The highest BCUT2D eigenvalue weighted by molar-refractivity contribution is 5.31. The summed E-state index contributed by atoms with van der Waals surface area (Å²) in [5.74, 6) is 0.141. The predicted octanol–water partition coefficient (Wildman–Crippen LogP) is 2.85. The molecule has 0 fully saturated rings. The van der Waals surface area contributed by atoms with Crippen molar-refractivity contribution in [3.8, 4) is 5.75 Å². The van der Waals surface area contributed by atoms with E-state index in [1.54, 1.807) is 12.1 Å². The van der Waals surface area contributed by atoms with E-state index in [1.165, 1.54) is 13.2 Å².